The zero-order chi connectivity index (χ0) is 80.6. The number of benzene rings is 18. The van der Waals surface area contributed by atoms with E-state index in [9.17, 15) is 0 Å². The minimum Gasteiger partial charge on any atom is -0.423 e. The Morgan fingerprint density at radius 1 is 0.185 bits per heavy atom. The van der Waals surface area contributed by atoms with E-state index < -0.39 is 38.8 Å². The summed E-state index contributed by atoms with van der Waals surface area (Å²) in [6, 6.07) is 180. The van der Waals surface area contributed by atoms with Crippen LogP contribution < -0.4 is 69.1 Å². The molecule has 0 saturated carbocycles. The van der Waals surface area contributed by atoms with E-state index >= 15 is 0 Å². The van der Waals surface area contributed by atoms with Gasteiger partial charge in [-0.2, -0.15) is 0 Å². The molecule has 2 N–H and O–H groups in total. The van der Waals surface area contributed by atoms with Crippen LogP contribution in [0.2, 0.25) is 0 Å². The molecule has 119 heavy (non-hydrogen) atoms. The minimum absolute atomic E-state index is 0. The van der Waals surface area contributed by atoms with Gasteiger partial charge in [0.25, 0.3) is 0 Å². The third-order valence-electron chi connectivity index (χ3n) is 19.9. The molecule has 0 unspecified atom stereocenters. The third-order valence-corrected chi connectivity index (χ3v) is 30.4. The van der Waals surface area contributed by atoms with Crippen LogP contribution in [0, 0.1) is 3.57 Å². The number of hydrogen-bond acceptors (Lipinski definition) is 2. The van der Waals surface area contributed by atoms with E-state index in [-0.39, 0.29) is 20.4 Å². The number of hydrogen-bond donors (Lipinski definition) is 2. The van der Waals surface area contributed by atoms with Gasteiger partial charge in [-0.3, -0.25) is 0 Å². The Morgan fingerprint density at radius 3 is 0.605 bits per heavy atom. The van der Waals surface area contributed by atoms with Crippen LogP contribution >= 0.6 is 54.3 Å². The molecule has 582 valence electrons. The molecular formula is C110H90BIO2P4Pd. The molecule has 2 aliphatic carbocycles. The molecule has 0 fully saturated rings. The first kappa shape index (κ1) is 85.9. The first-order valence-corrected chi connectivity index (χ1v) is 46.2. The van der Waals surface area contributed by atoms with Crippen molar-refractivity contribution in [2.45, 2.75) is 12.8 Å². The van der Waals surface area contributed by atoms with E-state index in [1.165, 1.54) is 117 Å². The van der Waals surface area contributed by atoms with Crippen LogP contribution in [0.3, 0.4) is 0 Å². The molecular weight excluding hydrogens is 1720 g/mol. The molecule has 0 spiro atoms. The van der Waals surface area contributed by atoms with E-state index in [0.717, 1.165) is 18.4 Å². The van der Waals surface area contributed by atoms with Crippen molar-refractivity contribution < 1.29 is 30.5 Å². The molecule has 0 radical (unpaired) electrons. The maximum atomic E-state index is 9.16. The fraction of sp³-hybridized carbons (Fsp3) is 0.0182. The van der Waals surface area contributed by atoms with E-state index in [2.05, 4.69) is 484 Å². The predicted molar refractivity (Wildman–Crippen MR) is 524 cm³/mol. The molecule has 0 heterocycles. The van der Waals surface area contributed by atoms with Crippen molar-refractivity contribution in [3.8, 4) is 33.4 Å². The van der Waals surface area contributed by atoms with Crippen LogP contribution in [-0.4, -0.2) is 17.2 Å². The molecule has 20 rings (SSSR count). The van der Waals surface area contributed by atoms with Crippen LogP contribution in [0.25, 0.3) is 33.4 Å². The first-order chi connectivity index (χ1) is 58.4. The van der Waals surface area contributed by atoms with Gasteiger partial charge in [-0.05, 0) is 210 Å². The fourth-order valence-corrected chi connectivity index (χ4v) is 24.0. The third kappa shape index (κ3) is 24.2. The molecule has 0 atom stereocenters. The average Bonchev–Trinajstić information content (AvgIpc) is 1.66. The smallest absolute Gasteiger partial charge is 0.423 e. The summed E-state index contributed by atoms with van der Waals surface area (Å²) in [4.78, 5) is 0. The fourth-order valence-electron chi connectivity index (χ4n) is 14.4. The van der Waals surface area contributed by atoms with Crippen LogP contribution in [0.4, 0.5) is 0 Å². The van der Waals surface area contributed by atoms with E-state index in [1.54, 1.807) is 6.07 Å². The van der Waals surface area contributed by atoms with Crippen molar-refractivity contribution in [3.63, 3.8) is 0 Å². The summed E-state index contributed by atoms with van der Waals surface area (Å²) in [6.45, 7) is 0. The van der Waals surface area contributed by atoms with Crippen molar-refractivity contribution in [1.82, 2.24) is 0 Å². The molecule has 2 aliphatic rings. The summed E-state index contributed by atoms with van der Waals surface area (Å²) < 4.78 is 1.29. The second-order valence-electron chi connectivity index (χ2n) is 27.9. The summed E-state index contributed by atoms with van der Waals surface area (Å²) in [5, 5.41) is 35.1. The molecule has 9 heteroatoms. The summed E-state index contributed by atoms with van der Waals surface area (Å²) >= 11 is 2.28. The zero-order valence-corrected chi connectivity index (χ0v) is 73.2. The number of fused-ring (bicyclic) bond motifs is 6. The predicted octanol–water partition coefficient (Wildman–Crippen LogP) is 21.9. The summed E-state index contributed by atoms with van der Waals surface area (Å²) in [6.07, 6.45) is 2.01. The van der Waals surface area contributed by atoms with Crippen LogP contribution in [0.15, 0.2) is 510 Å². The van der Waals surface area contributed by atoms with Gasteiger partial charge in [-0.15, -0.1) is 0 Å². The van der Waals surface area contributed by atoms with Gasteiger partial charge in [-0.1, -0.05) is 491 Å². The number of halogens is 1. The van der Waals surface area contributed by atoms with Crippen molar-refractivity contribution in [1.29, 1.82) is 0 Å². The van der Waals surface area contributed by atoms with Crippen molar-refractivity contribution in [3.05, 3.63) is 535 Å². The molecule has 0 aromatic heterocycles. The normalized spacial score (nSPS) is 10.8. The van der Waals surface area contributed by atoms with Crippen LogP contribution in [-0.2, 0) is 33.3 Å². The van der Waals surface area contributed by atoms with Crippen LogP contribution in [0.1, 0.15) is 22.3 Å². The average molecular weight is 1810 g/mol. The monoisotopic (exact) mass is 1810 g/mol. The topological polar surface area (TPSA) is 40.5 Å². The molecule has 0 aliphatic heterocycles. The Labute approximate surface area is 736 Å². The maximum absolute atomic E-state index is 9.16. The second-order valence-corrected chi connectivity index (χ2v) is 38.0. The number of rotatable bonds is 14. The van der Waals surface area contributed by atoms with Crippen molar-refractivity contribution in [2.75, 3.05) is 0 Å². The Morgan fingerprint density at radius 2 is 0.378 bits per heavy atom. The molecule has 0 bridgehead atoms. The van der Waals surface area contributed by atoms with Gasteiger partial charge in [0, 0.05) is 24.0 Å². The quantitative estimate of drug-likeness (QED) is 0.0647. The summed E-state index contributed by atoms with van der Waals surface area (Å²) in [5.41, 5.74) is 13.7. The molecule has 0 amide bonds. The summed E-state index contributed by atoms with van der Waals surface area (Å²) in [7, 11) is -3.17. The summed E-state index contributed by atoms with van der Waals surface area (Å²) in [5.74, 6) is 0. The van der Waals surface area contributed by atoms with Crippen molar-refractivity contribution >= 4 is 131 Å². The van der Waals surface area contributed by atoms with Gasteiger partial charge in [0.1, 0.15) is 0 Å². The van der Waals surface area contributed by atoms with E-state index in [1.807, 2.05) is 42.5 Å². The van der Waals surface area contributed by atoms with Gasteiger partial charge in [0.15, 0.2) is 0 Å². The minimum atomic E-state index is -1.39. The molecule has 18 aromatic rings. The second kappa shape index (κ2) is 45.9. The Bertz CT molecular complexity index is 5110. The maximum Gasteiger partial charge on any atom is 0.488 e. The van der Waals surface area contributed by atoms with Gasteiger partial charge in [0.2, 0.25) is 0 Å². The first-order valence-electron chi connectivity index (χ1n) is 39.7. The Kier molecular flexibility index (Phi) is 33.1. The standard InChI is InChI=1S/C19H14.4C18H15P.C13H11BO2.C6H5I.Pd/c1-2-6-14(7-3-1)15-10-11-17-12-16-8-4-5-9-18(16)19(17)13-15;4*1-4-10-16(11-5-1)19(17-12-6-2-7-13-17)18-14-8-3-9-15-18;15-14(16)11-6-5-10-7-9-3-1-2-4-12(9)13(10)8-11;7-6-4-2-1-3-5-6;/h1-11,13H,12H2;4*1-15H;1-6,8,15-16H,7H2;1-5H;. The molecule has 0 saturated heterocycles. The van der Waals surface area contributed by atoms with Gasteiger partial charge >= 0.3 is 7.12 Å². The van der Waals surface area contributed by atoms with E-state index in [0.29, 0.717) is 5.46 Å². The molecule has 2 nitrogen and oxygen atoms in total. The van der Waals surface area contributed by atoms with Crippen LogP contribution in [0.5, 0.6) is 0 Å². The van der Waals surface area contributed by atoms with Gasteiger partial charge in [0.05, 0.1) is 0 Å². The van der Waals surface area contributed by atoms with Crippen molar-refractivity contribution in [2.24, 2.45) is 0 Å². The molecule has 18 aromatic carbocycles. The van der Waals surface area contributed by atoms with Gasteiger partial charge < -0.3 is 10.0 Å². The Hall–Kier alpha value is -10.9. The zero-order valence-electron chi connectivity index (χ0n) is 65.9. The van der Waals surface area contributed by atoms with E-state index in [4.69, 9.17) is 10.0 Å². The largest absolute Gasteiger partial charge is 0.488 e. The SMILES string of the molecule is Ic1ccccc1.OB(O)c1ccc2c(c1)-c1ccccc1C2.[Pd].c1ccc(-c2ccc3c(c2)-c2ccccc2C3)cc1.c1ccc(P(c2ccccc2)c2ccccc2)cc1.c1ccc(P(c2ccccc2)c2ccccc2)cc1.c1ccc(P(c2ccccc2)c2ccccc2)cc1.c1ccc(P(c2ccccc2)c2ccccc2)cc1. The van der Waals surface area contributed by atoms with Gasteiger partial charge in [-0.25, -0.2) is 0 Å². The Balaban J connectivity index is 0.000000121.